The van der Waals surface area contributed by atoms with Crippen LogP contribution in [0.2, 0.25) is 20.1 Å². The molecular formula is C50H42Cl4N2O8S. The summed E-state index contributed by atoms with van der Waals surface area (Å²) < 4.78 is 20.0. The standard InChI is InChI=1S/C49H42Cl4N2O6S.CO2/c1-3-4-5-10-15-30-21-36-39(24-37(30)59-26-29-25-55-46(57)34(47(55)62-27-29)23-33(56)20-28-13-8-6-9-14-28)60-38-22-32(54(2)31-16-11-7-12-17-31)18-19-35(38)49(36)41-40(48(58)61-49)42(50)44(52)45(53)43(41)51;2-1-3/h6-9,11-14,16-19,21-22,24-25,34,47H,3-5,10,15,20,23,26-27H2,1-2H3;/t34-,47-,49?;/m0./s1. The number of hydrogen-bond acceptors (Lipinski definition) is 10. The first kappa shape index (κ1) is 46.3. The Labute approximate surface area is 400 Å². The number of ketones is 1. The smallest absolute Gasteiger partial charge is 0.373 e. The van der Waals surface area contributed by atoms with Crippen LogP contribution in [-0.4, -0.2) is 53.5 Å². The first-order chi connectivity index (χ1) is 31.4. The molecule has 0 aromatic heterocycles. The van der Waals surface area contributed by atoms with E-state index >= 15 is 0 Å². The average Bonchev–Trinajstić information content (AvgIpc) is 3.63. The summed E-state index contributed by atoms with van der Waals surface area (Å²) in [5.74, 6) is 1.07. The minimum absolute atomic E-state index is 0.0103. The fourth-order valence-electron chi connectivity index (χ4n) is 8.86. The number of amides is 1. The maximum absolute atomic E-state index is 14.1. The van der Waals surface area contributed by atoms with Gasteiger partial charge in [-0.15, -0.1) is 11.8 Å². The van der Waals surface area contributed by atoms with Gasteiger partial charge < -0.3 is 24.0 Å². The van der Waals surface area contributed by atoms with Gasteiger partial charge in [0.15, 0.2) is 5.60 Å². The summed E-state index contributed by atoms with van der Waals surface area (Å²) in [6, 6.07) is 29.1. The maximum Gasteiger partial charge on any atom is 0.373 e. The van der Waals surface area contributed by atoms with Crippen molar-refractivity contribution in [1.29, 1.82) is 0 Å². The van der Waals surface area contributed by atoms with Crippen LogP contribution in [0.4, 0.5) is 11.4 Å². The zero-order valence-corrected chi connectivity index (χ0v) is 39.2. The summed E-state index contributed by atoms with van der Waals surface area (Å²) in [7, 11) is 1.96. The molecule has 0 radical (unpaired) electrons. The lowest BCUT2D eigenvalue weighted by Crippen LogP contribution is -2.58. The lowest BCUT2D eigenvalue weighted by atomic mass is 9.76. The number of rotatable bonds is 14. The van der Waals surface area contributed by atoms with Crippen molar-refractivity contribution in [2.45, 2.75) is 62.8 Å². The zero-order chi connectivity index (χ0) is 46.0. The monoisotopic (exact) mass is 970 g/mol. The van der Waals surface area contributed by atoms with Gasteiger partial charge in [0.1, 0.15) is 29.6 Å². The van der Waals surface area contributed by atoms with Crippen molar-refractivity contribution < 1.29 is 38.2 Å². The predicted octanol–water partition coefficient (Wildman–Crippen LogP) is 12.2. The molecule has 334 valence electrons. The molecule has 5 aromatic rings. The van der Waals surface area contributed by atoms with Crippen molar-refractivity contribution in [2.24, 2.45) is 5.92 Å². The van der Waals surface area contributed by atoms with E-state index in [9.17, 15) is 14.4 Å². The number of thioether (sulfide) groups is 1. The van der Waals surface area contributed by atoms with Crippen LogP contribution in [0.15, 0.2) is 103 Å². The second-order valence-corrected chi connectivity index (χ2v) is 18.8. The normalized spacial score (nSPS) is 18.6. The van der Waals surface area contributed by atoms with E-state index in [0.29, 0.717) is 52.5 Å². The quantitative estimate of drug-likeness (QED) is 0.0350. The van der Waals surface area contributed by atoms with E-state index < -0.39 is 11.6 Å². The number of anilines is 2. The third-order valence-electron chi connectivity index (χ3n) is 12.1. The largest absolute Gasteiger partial charge is 0.489 e. The molecule has 1 saturated heterocycles. The molecule has 3 atom stereocenters. The number of halogens is 4. The van der Waals surface area contributed by atoms with Gasteiger partial charge in [0.2, 0.25) is 5.91 Å². The van der Waals surface area contributed by atoms with E-state index in [-0.39, 0.29) is 67.8 Å². The van der Waals surface area contributed by atoms with Gasteiger partial charge in [-0.1, -0.05) is 121 Å². The SMILES string of the molecule is CCCCCCc1cc2c(cc1OCC1=CN3C(=O)[C@H](CC(=O)Cc4ccccc4)[C@@H]3SC1)Oc1cc(N(C)c3ccccc3)ccc1C21OC(=O)c2c(Cl)c(Cl)c(Cl)c(Cl)c21.O=C=O. The van der Waals surface area contributed by atoms with Gasteiger partial charge in [0.25, 0.3) is 0 Å². The lowest BCUT2D eigenvalue weighted by molar-refractivity contribution is -0.191. The van der Waals surface area contributed by atoms with Crippen molar-refractivity contribution in [3.05, 3.63) is 156 Å². The molecule has 0 aliphatic carbocycles. The molecule has 15 heteroatoms. The molecule has 4 aliphatic heterocycles. The van der Waals surface area contributed by atoms with Gasteiger partial charge in [0, 0.05) is 72.0 Å². The van der Waals surface area contributed by atoms with E-state index in [1.807, 2.05) is 109 Å². The van der Waals surface area contributed by atoms with E-state index in [1.54, 1.807) is 16.7 Å². The molecule has 4 aliphatic rings. The summed E-state index contributed by atoms with van der Waals surface area (Å²) in [4.78, 5) is 60.3. The van der Waals surface area contributed by atoms with E-state index in [0.717, 1.165) is 53.8 Å². The molecule has 65 heavy (non-hydrogen) atoms. The number of hydrogen-bond donors (Lipinski definition) is 0. The molecule has 1 spiro atoms. The number of ether oxygens (including phenoxy) is 3. The number of esters is 1. The fourth-order valence-corrected chi connectivity index (χ4v) is 11.2. The summed E-state index contributed by atoms with van der Waals surface area (Å²) >= 11 is 28.8. The Morgan fingerprint density at radius 1 is 0.862 bits per heavy atom. The van der Waals surface area contributed by atoms with Crippen LogP contribution in [0.1, 0.15) is 77.2 Å². The minimum Gasteiger partial charge on any atom is -0.489 e. The summed E-state index contributed by atoms with van der Waals surface area (Å²) in [5, 5.41) is -0.0951. The molecule has 1 amide bonds. The number of aryl methyl sites for hydroxylation is 1. The van der Waals surface area contributed by atoms with E-state index in [4.69, 9.17) is 70.2 Å². The minimum atomic E-state index is -1.60. The van der Waals surface area contributed by atoms with Crippen LogP contribution in [0.3, 0.4) is 0 Å². The molecule has 4 heterocycles. The lowest BCUT2D eigenvalue weighted by Gasteiger charge is -2.47. The van der Waals surface area contributed by atoms with Crippen molar-refractivity contribution >= 4 is 93.4 Å². The predicted molar refractivity (Wildman–Crippen MR) is 252 cm³/mol. The number of unbranched alkanes of at least 4 members (excludes halogenated alkanes) is 3. The second kappa shape index (κ2) is 19.7. The highest BCUT2D eigenvalue weighted by molar-refractivity contribution is 8.00. The van der Waals surface area contributed by atoms with Gasteiger partial charge in [0.05, 0.1) is 36.9 Å². The fraction of sp³-hybridized carbons (Fsp3) is 0.280. The van der Waals surface area contributed by atoms with Gasteiger partial charge in [-0.3, -0.25) is 9.59 Å². The van der Waals surface area contributed by atoms with Gasteiger partial charge in [-0.2, -0.15) is 9.59 Å². The van der Waals surface area contributed by atoms with E-state index in [1.165, 1.54) is 0 Å². The number of fused-ring (bicyclic) bond motifs is 7. The molecule has 10 nitrogen and oxygen atoms in total. The summed E-state index contributed by atoms with van der Waals surface area (Å²) in [6.45, 7) is 2.39. The van der Waals surface area contributed by atoms with Crippen LogP contribution in [0.25, 0.3) is 0 Å². The number of Topliss-reactive ketones (excluding diaryl/α,β-unsaturated/α-hetero) is 1. The number of carbonyl (C=O) groups excluding carboxylic acids is 5. The van der Waals surface area contributed by atoms with Crippen molar-refractivity contribution in [2.75, 3.05) is 24.3 Å². The Morgan fingerprint density at radius 2 is 1.55 bits per heavy atom. The Hall–Kier alpha value is -5.26. The topological polar surface area (TPSA) is 120 Å². The summed E-state index contributed by atoms with van der Waals surface area (Å²) in [5.41, 5.74) is 4.39. The maximum atomic E-state index is 14.1. The first-order valence-corrected chi connectivity index (χ1v) is 23.7. The van der Waals surface area contributed by atoms with Crippen LogP contribution in [-0.2, 0) is 42.4 Å². The van der Waals surface area contributed by atoms with Crippen LogP contribution in [0, 0.1) is 5.92 Å². The number of benzene rings is 5. The van der Waals surface area contributed by atoms with Crippen LogP contribution >= 0.6 is 58.2 Å². The average molecular weight is 973 g/mol. The van der Waals surface area contributed by atoms with Crippen LogP contribution < -0.4 is 14.4 Å². The second-order valence-electron chi connectivity index (χ2n) is 16.1. The number of carbonyl (C=O) groups is 3. The van der Waals surface area contributed by atoms with Gasteiger partial charge in [-0.25, -0.2) is 4.79 Å². The first-order valence-electron chi connectivity index (χ1n) is 21.1. The third kappa shape index (κ3) is 8.78. The van der Waals surface area contributed by atoms with Crippen LogP contribution in [0.5, 0.6) is 17.2 Å². The van der Waals surface area contributed by atoms with Crippen molar-refractivity contribution in [3.63, 3.8) is 0 Å². The molecule has 0 N–H and O–H groups in total. The molecular weight excluding hydrogens is 930 g/mol. The highest BCUT2D eigenvalue weighted by Crippen LogP contribution is 2.61. The number of para-hydroxylation sites is 1. The Balaban J connectivity index is 0.00000187. The summed E-state index contributed by atoms with van der Waals surface area (Å²) in [6.07, 6.45) is 7.39. The highest BCUT2D eigenvalue weighted by Gasteiger charge is 2.57. The van der Waals surface area contributed by atoms with Gasteiger partial charge in [-0.05, 0) is 59.9 Å². The molecule has 5 aromatic carbocycles. The van der Waals surface area contributed by atoms with Gasteiger partial charge >= 0.3 is 12.1 Å². The molecule has 0 bridgehead atoms. The molecule has 1 unspecified atom stereocenters. The Bertz CT molecular complexity index is 2750. The molecule has 0 saturated carbocycles. The highest BCUT2D eigenvalue weighted by atomic mass is 35.5. The molecule has 1 fully saturated rings. The van der Waals surface area contributed by atoms with Crippen molar-refractivity contribution in [3.8, 4) is 17.2 Å². The molecule has 9 rings (SSSR count). The van der Waals surface area contributed by atoms with Crippen molar-refractivity contribution in [1.82, 2.24) is 4.90 Å². The Kier molecular flexibility index (Phi) is 14.0. The zero-order valence-electron chi connectivity index (χ0n) is 35.3. The number of nitrogens with zero attached hydrogens (tertiary/aromatic N) is 2. The third-order valence-corrected chi connectivity index (χ3v) is 15.3. The Morgan fingerprint density at radius 3 is 2.28 bits per heavy atom. The van der Waals surface area contributed by atoms with E-state index in [2.05, 4.69) is 6.92 Å². The number of β-lactam (4-membered cyclic amide) rings is 1.